The standard InChI is InChI=1S/C24H28N2O6S/c1-23(2)31-21-22(32-23)30-18(15-29-14-16-10-6-4-7-11-16)24(21)20(25)19(33(27,28)26(24)3)17-12-8-5-9-13-17/h4-13,18,21-22H,14-15,25H2,1-3H3/t18-,21+,22-,24+/m1/s1. The summed E-state index contributed by atoms with van der Waals surface area (Å²) in [4.78, 5) is 0.0659. The molecule has 9 heteroatoms. The van der Waals surface area contributed by atoms with Crippen molar-refractivity contribution < 1.29 is 27.4 Å². The van der Waals surface area contributed by atoms with Crippen molar-refractivity contribution >= 4 is 14.9 Å². The van der Waals surface area contributed by atoms with E-state index >= 15 is 0 Å². The Balaban J connectivity index is 1.56. The molecule has 2 saturated heterocycles. The number of ether oxygens (including phenoxy) is 4. The van der Waals surface area contributed by atoms with E-state index in [4.69, 9.17) is 24.7 Å². The molecule has 0 aliphatic carbocycles. The van der Waals surface area contributed by atoms with Crippen molar-refractivity contribution in [1.82, 2.24) is 4.31 Å². The van der Waals surface area contributed by atoms with Gasteiger partial charge in [0.2, 0.25) is 10.0 Å². The number of hydrogen-bond acceptors (Lipinski definition) is 7. The predicted octanol–water partition coefficient (Wildman–Crippen LogP) is 2.42. The van der Waals surface area contributed by atoms with Gasteiger partial charge in [-0.15, -0.1) is 0 Å². The van der Waals surface area contributed by atoms with Crippen molar-refractivity contribution in [2.45, 2.75) is 50.3 Å². The predicted molar refractivity (Wildman–Crippen MR) is 122 cm³/mol. The number of nitrogens with two attached hydrogens (primary N) is 1. The first-order valence-corrected chi connectivity index (χ1v) is 12.3. The summed E-state index contributed by atoms with van der Waals surface area (Å²) in [5.41, 5.74) is 7.11. The molecule has 33 heavy (non-hydrogen) atoms. The van der Waals surface area contributed by atoms with Crippen LogP contribution in [0.1, 0.15) is 25.0 Å². The Labute approximate surface area is 193 Å². The van der Waals surface area contributed by atoms with Crippen LogP contribution in [0, 0.1) is 0 Å². The van der Waals surface area contributed by atoms with Crippen molar-refractivity contribution in [3.8, 4) is 0 Å². The topological polar surface area (TPSA) is 100 Å². The summed E-state index contributed by atoms with van der Waals surface area (Å²) >= 11 is 0. The SMILES string of the molecule is CN1[C@]2(C(N)=C(c3ccccc3)S1(=O)=O)[C@@H](COCc1ccccc1)O[C@@H]1OC(C)(C)O[C@@H]12. The molecule has 2 aromatic rings. The van der Waals surface area contributed by atoms with E-state index in [0.717, 1.165) is 5.56 Å². The van der Waals surface area contributed by atoms with Gasteiger partial charge in [0.05, 0.1) is 18.9 Å². The van der Waals surface area contributed by atoms with Crippen molar-refractivity contribution in [3.05, 3.63) is 77.5 Å². The van der Waals surface area contributed by atoms with Gasteiger partial charge in [0.25, 0.3) is 0 Å². The minimum atomic E-state index is -3.93. The average molecular weight is 473 g/mol. The van der Waals surface area contributed by atoms with Crippen LogP contribution in [0.5, 0.6) is 0 Å². The van der Waals surface area contributed by atoms with Gasteiger partial charge in [0.15, 0.2) is 12.1 Å². The quantitative estimate of drug-likeness (QED) is 0.713. The Hall–Kier alpha value is -2.27. The van der Waals surface area contributed by atoms with E-state index in [1.807, 2.05) is 36.4 Å². The number of fused-ring (bicyclic) bond motifs is 2. The van der Waals surface area contributed by atoms with E-state index in [9.17, 15) is 8.42 Å². The zero-order chi connectivity index (χ0) is 23.4. The first-order valence-electron chi connectivity index (χ1n) is 10.9. The zero-order valence-electron chi connectivity index (χ0n) is 18.8. The molecule has 8 nitrogen and oxygen atoms in total. The highest BCUT2D eigenvalue weighted by molar-refractivity contribution is 7.98. The maximum atomic E-state index is 13.7. The van der Waals surface area contributed by atoms with Crippen LogP contribution in [0.25, 0.3) is 4.91 Å². The van der Waals surface area contributed by atoms with Crippen LogP contribution in [-0.4, -0.2) is 56.2 Å². The third-order valence-electron chi connectivity index (χ3n) is 6.51. The van der Waals surface area contributed by atoms with Crippen LogP contribution < -0.4 is 5.73 Å². The Kier molecular flexibility index (Phi) is 5.39. The van der Waals surface area contributed by atoms with Crippen molar-refractivity contribution in [1.29, 1.82) is 0 Å². The average Bonchev–Trinajstić information content (AvgIpc) is 3.29. The number of sulfonamides is 1. The van der Waals surface area contributed by atoms with Gasteiger partial charge < -0.3 is 24.7 Å². The lowest BCUT2D eigenvalue weighted by Crippen LogP contribution is -2.62. The first kappa shape index (κ1) is 22.5. The van der Waals surface area contributed by atoms with Crippen LogP contribution in [0.15, 0.2) is 66.4 Å². The van der Waals surface area contributed by atoms with Crippen LogP contribution in [0.2, 0.25) is 0 Å². The van der Waals surface area contributed by atoms with Gasteiger partial charge in [-0.3, -0.25) is 0 Å². The van der Waals surface area contributed by atoms with Gasteiger partial charge in [-0.2, -0.15) is 4.31 Å². The van der Waals surface area contributed by atoms with Gasteiger partial charge in [-0.1, -0.05) is 60.7 Å². The first-order chi connectivity index (χ1) is 15.7. The zero-order valence-corrected chi connectivity index (χ0v) is 19.6. The highest BCUT2D eigenvalue weighted by Crippen LogP contribution is 2.55. The molecule has 176 valence electrons. The fourth-order valence-corrected chi connectivity index (χ4v) is 6.90. The van der Waals surface area contributed by atoms with Gasteiger partial charge in [0.1, 0.15) is 22.7 Å². The second-order valence-corrected chi connectivity index (χ2v) is 10.9. The largest absolute Gasteiger partial charge is 0.399 e. The van der Waals surface area contributed by atoms with E-state index < -0.39 is 39.8 Å². The fraction of sp³-hybridized carbons (Fsp3) is 0.417. The van der Waals surface area contributed by atoms with Gasteiger partial charge in [-0.25, -0.2) is 8.42 Å². The van der Waals surface area contributed by atoms with Crippen LogP contribution in [0.3, 0.4) is 0 Å². The molecule has 3 aliphatic rings. The molecule has 2 N–H and O–H groups in total. The summed E-state index contributed by atoms with van der Waals surface area (Å²) in [5, 5.41) is 0. The summed E-state index contributed by atoms with van der Waals surface area (Å²) in [6.45, 7) is 4.00. The van der Waals surface area contributed by atoms with Gasteiger partial charge in [0, 0.05) is 7.05 Å². The maximum Gasteiger partial charge on any atom is 0.246 e. The van der Waals surface area contributed by atoms with E-state index in [2.05, 4.69) is 0 Å². The van der Waals surface area contributed by atoms with E-state index in [1.54, 1.807) is 38.1 Å². The second-order valence-electron chi connectivity index (χ2n) is 8.96. The number of rotatable bonds is 5. The molecular formula is C24H28N2O6S. The van der Waals surface area contributed by atoms with Crippen molar-refractivity contribution in [2.24, 2.45) is 5.73 Å². The van der Waals surface area contributed by atoms with Crippen molar-refractivity contribution in [2.75, 3.05) is 13.7 Å². The Morgan fingerprint density at radius 3 is 2.33 bits per heavy atom. The summed E-state index contributed by atoms with van der Waals surface area (Å²) in [7, 11) is -2.41. The maximum absolute atomic E-state index is 13.7. The number of benzene rings is 2. The molecule has 2 fully saturated rings. The van der Waals surface area contributed by atoms with E-state index in [0.29, 0.717) is 12.2 Å². The number of hydrogen-bond donors (Lipinski definition) is 1. The van der Waals surface area contributed by atoms with Crippen LogP contribution in [-0.2, 0) is 35.6 Å². The van der Waals surface area contributed by atoms with Crippen molar-refractivity contribution in [3.63, 3.8) is 0 Å². The molecule has 3 aliphatic heterocycles. The molecule has 5 rings (SSSR count). The molecule has 0 amide bonds. The monoisotopic (exact) mass is 472 g/mol. The molecule has 4 atom stereocenters. The van der Waals surface area contributed by atoms with E-state index in [1.165, 1.54) is 11.4 Å². The second kappa shape index (κ2) is 7.90. The summed E-state index contributed by atoms with van der Waals surface area (Å²) in [6, 6.07) is 18.6. The summed E-state index contributed by atoms with van der Waals surface area (Å²) in [5.74, 6) is -0.946. The third-order valence-corrected chi connectivity index (χ3v) is 8.51. The fourth-order valence-electron chi connectivity index (χ4n) is 5.03. The lowest BCUT2D eigenvalue weighted by molar-refractivity contribution is -0.219. The lowest BCUT2D eigenvalue weighted by atomic mass is 9.84. The highest BCUT2D eigenvalue weighted by Gasteiger charge is 2.72. The number of nitrogens with zero attached hydrogens (tertiary/aromatic N) is 1. The molecule has 1 spiro atoms. The molecule has 0 saturated carbocycles. The molecule has 3 heterocycles. The Morgan fingerprint density at radius 1 is 1.03 bits per heavy atom. The molecule has 0 unspecified atom stereocenters. The summed E-state index contributed by atoms with van der Waals surface area (Å²) in [6.07, 6.45) is -2.26. The molecular weight excluding hydrogens is 444 g/mol. The highest BCUT2D eigenvalue weighted by atomic mass is 32.2. The van der Waals surface area contributed by atoms with E-state index in [-0.39, 0.29) is 17.2 Å². The van der Waals surface area contributed by atoms with Gasteiger partial charge >= 0.3 is 0 Å². The minimum absolute atomic E-state index is 0.0659. The smallest absolute Gasteiger partial charge is 0.246 e. The normalized spacial score (nSPS) is 32.5. The van der Waals surface area contributed by atoms with Crippen LogP contribution in [0.4, 0.5) is 0 Å². The molecule has 2 aromatic carbocycles. The Morgan fingerprint density at radius 2 is 1.67 bits per heavy atom. The lowest BCUT2D eigenvalue weighted by Gasteiger charge is -2.39. The van der Waals surface area contributed by atoms with Crippen LogP contribution >= 0.6 is 0 Å². The van der Waals surface area contributed by atoms with Gasteiger partial charge in [-0.05, 0) is 25.0 Å². The number of likely N-dealkylation sites (N-methyl/N-ethyl adjacent to an activating group) is 1. The molecule has 0 aromatic heterocycles. The molecule has 0 bridgehead atoms. The molecule has 0 radical (unpaired) electrons. The minimum Gasteiger partial charge on any atom is -0.399 e. The summed E-state index contributed by atoms with van der Waals surface area (Å²) < 4.78 is 52.9. The third kappa shape index (κ3) is 3.42. The Bertz CT molecular complexity index is 1170.